The second-order valence-corrected chi connectivity index (χ2v) is 4.51. The molecule has 0 amide bonds. The summed E-state index contributed by atoms with van der Waals surface area (Å²) in [5, 5.41) is 9.14. The Morgan fingerprint density at radius 1 is 1.21 bits per heavy atom. The highest BCUT2D eigenvalue weighted by Gasteiger charge is 2.12. The van der Waals surface area contributed by atoms with Gasteiger partial charge in [-0.15, -0.1) is 0 Å². The summed E-state index contributed by atoms with van der Waals surface area (Å²) >= 11 is 0. The first kappa shape index (κ1) is 13.3. The van der Waals surface area contributed by atoms with E-state index in [1.165, 1.54) is 24.6 Å². The van der Waals surface area contributed by atoms with E-state index < -0.39 is 5.97 Å². The molecule has 1 N–H and O–H groups in total. The van der Waals surface area contributed by atoms with Gasteiger partial charge < -0.3 is 5.11 Å². The average molecular weight is 255 g/mol. The molecule has 0 aliphatic carbocycles. The van der Waals surface area contributed by atoms with E-state index >= 15 is 0 Å². The maximum Gasteiger partial charge on any atom is 0.355 e. The van der Waals surface area contributed by atoms with Crippen molar-refractivity contribution >= 4 is 5.97 Å². The monoisotopic (exact) mass is 255 g/mol. The highest BCUT2D eigenvalue weighted by atomic mass is 16.4. The number of aromatic carboxylic acids is 1. The molecule has 0 fully saturated rings. The molecule has 0 atom stereocenters. The highest BCUT2D eigenvalue weighted by Crippen LogP contribution is 2.23. The van der Waals surface area contributed by atoms with Gasteiger partial charge in [0.05, 0.1) is 0 Å². The fraction of sp³-hybridized carbons (Fsp3) is 0.250. The van der Waals surface area contributed by atoms with Gasteiger partial charge in [0.25, 0.3) is 0 Å². The van der Waals surface area contributed by atoms with E-state index in [1.807, 2.05) is 12.1 Å². The Kier molecular flexibility index (Phi) is 4.29. The second kappa shape index (κ2) is 6.14. The Morgan fingerprint density at radius 2 is 1.95 bits per heavy atom. The molecule has 3 nitrogen and oxygen atoms in total. The zero-order chi connectivity index (χ0) is 13.7. The Bertz CT molecular complexity index is 561. The number of benzene rings is 1. The number of carbonyl (C=O) groups is 1. The second-order valence-electron chi connectivity index (χ2n) is 4.51. The molecule has 0 saturated carbocycles. The maximum absolute atomic E-state index is 11.1. The van der Waals surface area contributed by atoms with Crippen LogP contribution in [0.4, 0.5) is 0 Å². The van der Waals surface area contributed by atoms with Gasteiger partial charge >= 0.3 is 5.97 Å². The van der Waals surface area contributed by atoms with Crippen LogP contribution in [0.25, 0.3) is 11.1 Å². The number of hydrogen-bond donors (Lipinski definition) is 1. The predicted octanol–water partition coefficient (Wildman–Crippen LogP) is 3.79. The molecule has 1 aromatic heterocycles. The number of unbranched alkanes of at least 4 members (excludes halogenated alkanes) is 1. The fourth-order valence-corrected chi connectivity index (χ4v) is 2.04. The van der Waals surface area contributed by atoms with Crippen LogP contribution in [0.5, 0.6) is 0 Å². The molecule has 3 heteroatoms. The molecule has 0 bridgehead atoms. The SMILES string of the molecule is CCCCc1ccc(-c2cccnc2C(=O)O)cc1. The smallest absolute Gasteiger partial charge is 0.355 e. The lowest BCUT2D eigenvalue weighted by Gasteiger charge is -2.06. The molecular weight excluding hydrogens is 238 g/mol. The van der Waals surface area contributed by atoms with Crippen molar-refractivity contribution in [1.82, 2.24) is 4.98 Å². The summed E-state index contributed by atoms with van der Waals surface area (Å²) in [5.74, 6) is -0.995. The summed E-state index contributed by atoms with van der Waals surface area (Å²) < 4.78 is 0. The first-order chi connectivity index (χ1) is 9.22. The van der Waals surface area contributed by atoms with Crippen molar-refractivity contribution < 1.29 is 9.90 Å². The molecule has 19 heavy (non-hydrogen) atoms. The van der Waals surface area contributed by atoms with Crippen molar-refractivity contribution in [1.29, 1.82) is 0 Å². The number of aryl methyl sites for hydroxylation is 1. The van der Waals surface area contributed by atoms with Crippen molar-refractivity contribution in [2.75, 3.05) is 0 Å². The summed E-state index contributed by atoms with van der Waals surface area (Å²) in [6.07, 6.45) is 4.91. The summed E-state index contributed by atoms with van der Waals surface area (Å²) in [4.78, 5) is 15.1. The maximum atomic E-state index is 11.1. The first-order valence-electron chi connectivity index (χ1n) is 6.50. The molecule has 98 valence electrons. The van der Waals surface area contributed by atoms with Crippen LogP contribution in [0.1, 0.15) is 35.8 Å². The van der Waals surface area contributed by atoms with Gasteiger partial charge in [0, 0.05) is 11.8 Å². The van der Waals surface area contributed by atoms with Crippen LogP contribution < -0.4 is 0 Å². The van der Waals surface area contributed by atoms with Gasteiger partial charge in [-0.25, -0.2) is 9.78 Å². The number of nitrogens with zero attached hydrogens (tertiary/aromatic N) is 1. The zero-order valence-corrected chi connectivity index (χ0v) is 11.0. The molecule has 1 aromatic carbocycles. The molecule has 1 heterocycles. The van der Waals surface area contributed by atoms with Crippen LogP contribution in [0, 0.1) is 0 Å². The Balaban J connectivity index is 2.30. The van der Waals surface area contributed by atoms with Gasteiger partial charge in [0.2, 0.25) is 0 Å². The number of carboxylic acid groups (broad SMARTS) is 1. The van der Waals surface area contributed by atoms with E-state index in [-0.39, 0.29) is 5.69 Å². The van der Waals surface area contributed by atoms with Gasteiger partial charge in [0.15, 0.2) is 5.69 Å². The van der Waals surface area contributed by atoms with E-state index in [0.717, 1.165) is 12.0 Å². The summed E-state index contributed by atoms with van der Waals surface area (Å²) in [7, 11) is 0. The number of aromatic nitrogens is 1. The predicted molar refractivity (Wildman–Crippen MR) is 75.2 cm³/mol. The lowest BCUT2D eigenvalue weighted by molar-refractivity contribution is 0.0691. The first-order valence-corrected chi connectivity index (χ1v) is 6.50. The minimum Gasteiger partial charge on any atom is -0.476 e. The molecule has 0 saturated heterocycles. The minimum atomic E-state index is -0.995. The van der Waals surface area contributed by atoms with Gasteiger partial charge in [0.1, 0.15) is 0 Å². The third kappa shape index (κ3) is 3.19. The summed E-state index contributed by atoms with van der Waals surface area (Å²) in [5.41, 5.74) is 2.94. The molecule has 0 spiro atoms. The average Bonchev–Trinajstić information content (AvgIpc) is 2.45. The van der Waals surface area contributed by atoms with E-state index in [0.29, 0.717) is 5.56 Å². The Hall–Kier alpha value is -2.16. The van der Waals surface area contributed by atoms with Crippen molar-refractivity contribution in [2.45, 2.75) is 26.2 Å². The quantitative estimate of drug-likeness (QED) is 0.884. The largest absolute Gasteiger partial charge is 0.476 e. The highest BCUT2D eigenvalue weighted by molar-refractivity contribution is 5.93. The Morgan fingerprint density at radius 3 is 2.58 bits per heavy atom. The van der Waals surface area contributed by atoms with Crippen LogP contribution >= 0.6 is 0 Å². The van der Waals surface area contributed by atoms with Crippen molar-refractivity contribution in [3.63, 3.8) is 0 Å². The molecule has 2 aromatic rings. The van der Waals surface area contributed by atoms with Crippen molar-refractivity contribution in [3.05, 3.63) is 53.9 Å². The Labute approximate surface area is 112 Å². The van der Waals surface area contributed by atoms with E-state index in [1.54, 1.807) is 12.1 Å². The number of pyridine rings is 1. The molecule has 2 rings (SSSR count). The van der Waals surface area contributed by atoms with Crippen LogP contribution in [-0.2, 0) is 6.42 Å². The van der Waals surface area contributed by atoms with Crippen LogP contribution in [0.15, 0.2) is 42.6 Å². The topological polar surface area (TPSA) is 50.2 Å². The molecule has 0 aliphatic heterocycles. The molecule has 0 radical (unpaired) electrons. The van der Waals surface area contributed by atoms with Crippen LogP contribution in [-0.4, -0.2) is 16.1 Å². The molecule has 0 unspecified atom stereocenters. The van der Waals surface area contributed by atoms with Gasteiger partial charge in [-0.3, -0.25) is 0 Å². The summed E-state index contributed by atoms with van der Waals surface area (Å²) in [6, 6.07) is 11.6. The van der Waals surface area contributed by atoms with Gasteiger partial charge in [-0.1, -0.05) is 43.7 Å². The van der Waals surface area contributed by atoms with Crippen molar-refractivity contribution in [2.24, 2.45) is 0 Å². The van der Waals surface area contributed by atoms with E-state index in [9.17, 15) is 4.79 Å². The van der Waals surface area contributed by atoms with Gasteiger partial charge in [-0.05, 0) is 30.0 Å². The summed E-state index contributed by atoms with van der Waals surface area (Å²) in [6.45, 7) is 2.17. The lowest BCUT2D eigenvalue weighted by atomic mass is 10.0. The number of carboxylic acids is 1. The number of rotatable bonds is 5. The molecular formula is C16H17NO2. The van der Waals surface area contributed by atoms with E-state index in [2.05, 4.69) is 24.0 Å². The molecule has 0 aliphatic rings. The van der Waals surface area contributed by atoms with Crippen LogP contribution in [0.2, 0.25) is 0 Å². The standard InChI is InChI=1S/C16H17NO2/c1-2-3-5-12-7-9-13(10-8-12)14-6-4-11-17-15(14)16(18)19/h4,6-11H,2-3,5H2,1H3,(H,18,19). The third-order valence-corrected chi connectivity index (χ3v) is 3.09. The van der Waals surface area contributed by atoms with Crippen LogP contribution in [0.3, 0.4) is 0 Å². The third-order valence-electron chi connectivity index (χ3n) is 3.09. The minimum absolute atomic E-state index is 0.101. The van der Waals surface area contributed by atoms with E-state index in [4.69, 9.17) is 5.11 Å². The normalized spacial score (nSPS) is 10.4. The van der Waals surface area contributed by atoms with Gasteiger partial charge in [-0.2, -0.15) is 0 Å². The number of hydrogen-bond acceptors (Lipinski definition) is 2. The zero-order valence-electron chi connectivity index (χ0n) is 11.0. The lowest BCUT2D eigenvalue weighted by Crippen LogP contribution is -2.02. The van der Waals surface area contributed by atoms with Crippen molar-refractivity contribution in [3.8, 4) is 11.1 Å². The fourth-order valence-electron chi connectivity index (χ4n) is 2.04.